The van der Waals surface area contributed by atoms with Crippen LogP contribution in [0.15, 0.2) is 73.1 Å². The van der Waals surface area contributed by atoms with Crippen LogP contribution in [0.1, 0.15) is 64.1 Å². The van der Waals surface area contributed by atoms with Crippen LogP contribution in [0.5, 0.6) is 0 Å². The highest BCUT2D eigenvalue weighted by molar-refractivity contribution is 6.00. The molecule has 160 valence electrons. The van der Waals surface area contributed by atoms with Gasteiger partial charge in [-0.3, -0.25) is 14.9 Å². The Balaban J connectivity index is 1.63. The Hall–Kier alpha value is -3.73. The van der Waals surface area contributed by atoms with Crippen molar-refractivity contribution in [2.24, 2.45) is 0 Å². The average Bonchev–Trinajstić information content (AvgIpc) is 3.34. The number of amides is 1. The Morgan fingerprint density at radius 2 is 1.66 bits per heavy atom. The minimum absolute atomic E-state index is 0.0272. The first-order chi connectivity index (χ1) is 15.5. The number of aromatic amines is 1. The van der Waals surface area contributed by atoms with Crippen molar-refractivity contribution < 1.29 is 4.79 Å². The number of H-pyrrole nitrogens is 1. The van der Waals surface area contributed by atoms with Gasteiger partial charge in [-0.1, -0.05) is 67.9 Å². The Kier molecular flexibility index (Phi) is 5.10. The number of hydrogen-bond donors (Lipinski definition) is 1. The van der Waals surface area contributed by atoms with Gasteiger partial charge in [0.2, 0.25) is 0 Å². The molecule has 0 radical (unpaired) electrons. The van der Waals surface area contributed by atoms with Gasteiger partial charge in [-0.2, -0.15) is 5.10 Å². The zero-order valence-corrected chi connectivity index (χ0v) is 18.5. The Labute approximate surface area is 188 Å². The molecule has 1 unspecified atom stereocenters. The summed E-state index contributed by atoms with van der Waals surface area (Å²) in [5.41, 5.74) is 7.98. The van der Waals surface area contributed by atoms with Gasteiger partial charge in [0.05, 0.1) is 11.7 Å². The molecule has 5 nitrogen and oxygen atoms in total. The third-order valence-electron chi connectivity index (χ3n) is 6.21. The Morgan fingerprint density at radius 3 is 2.31 bits per heavy atom. The van der Waals surface area contributed by atoms with Crippen LogP contribution in [0.2, 0.25) is 0 Å². The van der Waals surface area contributed by atoms with Gasteiger partial charge in [0.25, 0.3) is 5.91 Å². The maximum absolute atomic E-state index is 13.5. The summed E-state index contributed by atoms with van der Waals surface area (Å²) in [5, 5.41) is 7.61. The van der Waals surface area contributed by atoms with E-state index in [0.29, 0.717) is 18.2 Å². The lowest BCUT2D eigenvalue weighted by atomic mass is 9.93. The van der Waals surface area contributed by atoms with Crippen molar-refractivity contribution in [2.45, 2.75) is 39.3 Å². The van der Waals surface area contributed by atoms with Crippen molar-refractivity contribution in [3.8, 4) is 11.3 Å². The summed E-state index contributed by atoms with van der Waals surface area (Å²) in [6.45, 7) is 6.95. The van der Waals surface area contributed by atoms with Crippen molar-refractivity contribution in [2.75, 3.05) is 0 Å². The minimum atomic E-state index is -0.207. The molecular weight excluding hydrogens is 396 g/mol. The molecule has 5 heteroatoms. The number of aromatic nitrogens is 3. The van der Waals surface area contributed by atoms with Crippen molar-refractivity contribution >= 4 is 5.91 Å². The van der Waals surface area contributed by atoms with Gasteiger partial charge in [-0.15, -0.1) is 0 Å². The second-order valence-corrected chi connectivity index (χ2v) is 8.74. The first-order valence-corrected chi connectivity index (χ1v) is 11.0. The molecule has 1 aliphatic heterocycles. The van der Waals surface area contributed by atoms with E-state index in [0.717, 1.165) is 27.9 Å². The van der Waals surface area contributed by atoms with E-state index in [2.05, 4.69) is 84.5 Å². The van der Waals surface area contributed by atoms with Gasteiger partial charge < -0.3 is 4.90 Å². The fourth-order valence-electron chi connectivity index (χ4n) is 4.39. The molecule has 1 N–H and O–H groups in total. The van der Waals surface area contributed by atoms with Crippen molar-refractivity contribution in [1.82, 2.24) is 20.1 Å². The summed E-state index contributed by atoms with van der Waals surface area (Å²) in [6, 6.07) is 20.6. The number of carbonyl (C=O) groups is 1. The van der Waals surface area contributed by atoms with E-state index in [-0.39, 0.29) is 11.9 Å². The molecule has 0 bridgehead atoms. The number of rotatable bonds is 5. The number of carbonyl (C=O) groups excluding carboxylic acids is 1. The fraction of sp³-hybridized carbons (Fsp3) is 0.222. The van der Waals surface area contributed by atoms with Crippen LogP contribution in [0.25, 0.3) is 11.3 Å². The fourth-order valence-corrected chi connectivity index (χ4v) is 4.39. The maximum Gasteiger partial charge on any atom is 0.273 e. The number of hydrogen-bond acceptors (Lipinski definition) is 3. The predicted molar refractivity (Wildman–Crippen MR) is 125 cm³/mol. The lowest BCUT2D eigenvalue weighted by Gasteiger charge is -2.27. The number of fused-ring (bicyclic) bond motifs is 1. The molecule has 4 aromatic rings. The summed E-state index contributed by atoms with van der Waals surface area (Å²) < 4.78 is 0. The van der Waals surface area contributed by atoms with Crippen molar-refractivity contribution in [3.05, 3.63) is 107 Å². The molecule has 0 aliphatic carbocycles. The number of pyridine rings is 1. The normalized spacial score (nSPS) is 15.4. The molecule has 32 heavy (non-hydrogen) atoms. The quantitative estimate of drug-likeness (QED) is 0.452. The molecule has 3 heterocycles. The van der Waals surface area contributed by atoms with Crippen molar-refractivity contribution in [3.63, 3.8) is 0 Å². The first kappa shape index (κ1) is 20.2. The highest BCUT2D eigenvalue weighted by Crippen LogP contribution is 2.43. The van der Waals surface area contributed by atoms with Gasteiger partial charge in [-0.25, -0.2) is 0 Å². The standard InChI is InChI=1S/C27H26N4O/c1-17(2)20-8-10-22(11-9-20)26-23-24(21-6-4-18(3)5-7-21)29-30-25(23)27(32)31(26)16-19-12-14-28-15-13-19/h4-15,17,26H,16H2,1-3H3,(H,29,30). The largest absolute Gasteiger partial charge is 0.322 e. The summed E-state index contributed by atoms with van der Waals surface area (Å²) in [7, 11) is 0. The van der Waals surface area contributed by atoms with E-state index in [1.165, 1.54) is 11.1 Å². The van der Waals surface area contributed by atoms with E-state index < -0.39 is 0 Å². The maximum atomic E-state index is 13.5. The molecule has 2 aromatic heterocycles. The monoisotopic (exact) mass is 422 g/mol. The molecule has 2 aromatic carbocycles. The lowest BCUT2D eigenvalue weighted by Crippen LogP contribution is -2.29. The van der Waals surface area contributed by atoms with E-state index in [1.807, 2.05) is 17.0 Å². The number of benzene rings is 2. The van der Waals surface area contributed by atoms with Gasteiger partial charge >= 0.3 is 0 Å². The van der Waals surface area contributed by atoms with E-state index >= 15 is 0 Å². The van der Waals surface area contributed by atoms with Crippen LogP contribution in [0.4, 0.5) is 0 Å². The van der Waals surface area contributed by atoms with Crippen LogP contribution in [-0.2, 0) is 6.54 Å². The van der Waals surface area contributed by atoms with E-state index in [9.17, 15) is 4.79 Å². The molecule has 0 spiro atoms. The molecule has 1 amide bonds. The highest BCUT2D eigenvalue weighted by Gasteiger charge is 2.42. The van der Waals surface area contributed by atoms with Crippen LogP contribution in [0, 0.1) is 6.92 Å². The van der Waals surface area contributed by atoms with Gasteiger partial charge in [0.1, 0.15) is 5.69 Å². The zero-order valence-electron chi connectivity index (χ0n) is 18.5. The van der Waals surface area contributed by atoms with Crippen LogP contribution in [0.3, 0.4) is 0 Å². The minimum Gasteiger partial charge on any atom is -0.322 e. The number of nitrogens with zero attached hydrogens (tertiary/aromatic N) is 3. The average molecular weight is 423 g/mol. The topological polar surface area (TPSA) is 61.9 Å². The second-order valence-electron chi connectivity index (χ2n) is 8.74. The summed E-state index contributed by atoms with van der Waals surface area (Å²) >= 11 is 0. The van der Waals surface area contributed by atoms with Crippen molar-refractivity contribution in [1.29, 1.82) is 0 Å². The molecule has 0 fully saturated rings. The summed E-state index contributed by atoms with van der Waals surface area (Å²) in [6.07, 6.45) is 3.53. The molecule has 0 saturated heterocycles. The van der Waals surface area contributed by atoms with Gasteiger partial charge in [0, 0.05) is 30.1 Å². The van der Waals surface area contributed by atoms with Crippen LogP contribution < -0.4 is 0 Å². The zero-order chi connectivity index (χ0) is 22.2. The Bertz CT molecular complexity index is 1240. The van der Waals surface area contributed by atoms with E-state index in [1.54, 1.807) is 12.4 Å². The predicted octanol–water partition coefficient (Wildman–Crippen LogP) is 5.65. The Morgan fingerprint density at radius 1 is 0.969 bits per heavy atom. The third kappa shape index (κ3) is 3.50. The molecule has 0 saturated carbocycles. The van der Waals surface area contributed by atoms with Gasteiger partial charge in [-0.05, 0) is 41.7 Å². The molecule has 5 rings (SSSR count). The molecule has 1 atom stereocenters. The van der Waals surface area contributed by atoms with E-state index in [4.69, 9.17) is 0 Å². The number of nitrogens with one attached hydrogen (secondary N) is 1. The highest BCUT2D eigenvalue weighted by atomic mass is 16.2. The summed E-state index contributed by atoms with van der Waals surface area (Å²) in [4.78, 5) is 19.5. The molecule has 1 aliphatic rings. The second kappa shape index (κ2) is 8.08. The van der Waals surface area contributed by atoms with Crippen LogP contribution in [-0.4, -0.2) is 26.0 Å². The third-order valence-corrected chi connectivity index (χ3v) is 6.21. The number of aryl methyl sites for hydroxylation is 1. The lowest BCUT2D eigenvalue weighted by molar-refractivity contribution is 0.0730. The first-order valence-electron chi connectivity index (χ1n) is 11.0. The molecular formula is C27H26N4O. The summed E-state index contributed by atoms with van der Waals surface area (Å²) in [5.74, 6) is 0.426. The van der Waals surface area contributed by atoms with Gasteiger partial charge in [0.15, 0.2) is 0 Å². The van der Waals surface area contributed by atoms with Crippen LogP contribution >= 0.6 is 0 Å². The SMILES string of the molecule is Cc1ccc(-c2n[nH]c3c2C(c2ccc(C(C)C)cc2)N(Cc2ccncc2)C3=O)cc1. The smallest absolute Gasteiger partial charge is 0.273 e.